The van der Waals surface area contributed by atoms with Gasteiger partial charge in [-0.15, -0.1) is 0 Å². The quantitative estimate of drug-likeness (QED) is 0.921. The molecular weight excluding hydrogens is 282 g/mol. The topological polar surface area (TPSA) is 39.1 Å². The van der Waals surface area contributed by atoms with E-state index in [0.717, 1.165) is 22.7 Å². The monoisotopic (exact) mass is 295 g/mol. The number of hydrogen-bond acceptors (Lipinski definition) is 3. The van der Waals surface area contributed by atoms with Crippen molar-refractivity contribution in [2.45, 2.75) is 6.54 Å². The minimum atomic E-state index is 0.672. The lowest BCUT2D eigenvalue weighted by molar-refractivity contribution is 0.188. The van der Waals surface area contributed by atoms with Gasteiger partial charge in [-0.1, -0.05) is 15.9 Å². The molecule has 0 aliphatic rings. The molecule has 0 fully saturated rings. The van der Waals surface area contributed by atoms with Gasteiger partial charge in [-0.2, -0.15) is 0 Å². The standard InChI is InChI=1S/C12H14BrN3O/c1-17-9-8-16-7-6-14-12(16)15-11-4-2-10(13)3-5-11/h2-7H,8-9H2,1H3,(H,14,15). The number of imidazole rings is 1. The van der Waals surface area contributed by atoms with E-state index in [1.807, 2.05) is 35.0 Å². The number of ether oxygens (including phenoxy) is 1. The summed E-state index contributed by atoms with van der Waals surface area (Å²) in [4.78, 5) is 4.27. The molecule has 0 saturated heterocycles. The van der Waals surface area contributed by atoms with Crippen LogP contribution in [-0.4, -0.2) is 23.3 Å². The van der Waals surface area contributed by atoms with E-state index in [4.69, 9.17) is 4.74 Å². The maximum atomic E-state index is 5.05. The van der Waals surface area contributed by atoms with Crippen molar-refractivity contribution >= 4 is 27.6 Å². The van der Waals surface area contributed by atoms with Crippen molar-refractivity contribution in [1.82, 2.24) is 9.55 Å². The molecule has 0 atom stereocenters. The van der Waals surface area contributed by atoms with Crippen LogP contribution in [-0.2, 0) is 11.3 Å². The predicted molar refractivity (Wildman–Crippen MR) is 71.5 cm³/mol. The second kappa shape index (κ2) is 5.84. The number of methoxy groups -OCH3 is 1. The summed E-state index contributed by atoms with van der Waals surface area (Å²) in [6, 6.07) is 7.98. The summed E-state index contributed by atoms with van der Waals surface area (Å²) in [6.45, 7) is 1.46. The zero-order valence-corrected chi connectivity index (χ0v) is 11.1. The summed E-state index contributed by atoms with van der Waals surface area (Å²) in [5, 5.41) is 3.26. The Morgan fingerprint density at radius 3 is 2.82 bits per heavy atom. The van der Waals surface area contributed by atoms with Crippen molar-refractivity contribution in [3.63, 3.8) is 0 Å². The predicted octanol–water partition coefficient (Wildman–Crippen LogP) is 3.04. The minimum absolute atomic E-state index is 0.672. The molecule has 0 bridgehead atoms. The van der Waals surface area contributed by atoms with Crippen LogP contribution in [0.4, 0.5) is 11.6 Å². The van der Waals surface area contributed by atoms with Crippen LogP contribution in [0, 0.1) is 0 Å². The minimum Gasteiger partial charge on any atom is -0.383 e. The van der Waals surface area contributed by atoms with Crippen LogP contribution < -0.4 is 5.32 Å². The molecule has 0 aliphatic carbocycles. The largest absolute Gasteiger partial charge is 0.383 e. The molecule has 2 aromatic rings. The summed E-state index contributed by atoms with van der Waals surface area (Å²) in [7, 11) is 1.69. The highest BCUT2D eigenvalue weighted by Gasteiger charge is 2.02. The fourth-order valence-electron chi connectivity index (χ4n) is 1.47. The molecule has 0 radical (unpaired) electrons. The molecule has 4 nitrogen and oxygen atoms in total. The third kappa shape index (κ3) is 3.31. The Kier molecular flexibility index (Phi) is 4.17. The van der Waals surface area contributed by atoms with Gasteiger partial charge >= 0.3 is 0 Å². The second-order valence-corrected chi connectivity index (χ2v) is 4.48. The van der Waals surface area contributed by atoms with Crippen molar-refractivity contribution in [3.8, 4) is 0 Å². The molecular formula is C12H14BrN3O. The van der Waals surface area contributed by atoms with Gasteiger partial charge in [-0.05, 0) is 24.3 Å². The maximum absolute atomic E-state index is 5.05. The van der Waals surface area contributed by atoms with Gasteiger partial charge in [-0.25, -0.2) is 4.98 Å². The molecule has 90 valence electrons. The summed E-state index contributed by atoms with van der Waals surface area (Å²) in [5.41, 5.74) is 1.01. The van der Waals surface area contributed by atoms with Gasteiger partial charge in [0.2, 0.25) is 5.95 Å². The first-order chi connectivity index (χ1) is 8.29. The van der Waals surface area contributed by atoms with Gasteiger partial charge < -0.3 is 14.6 Å². The highest BCUT2D eigenvalue weighted by Crippen LogP contribution is 2.18. The molecule has 1 heterocycles. The number of nitrogens with one attached hydrogen (secondary N) is 1. The van der Waals surface area contributed by atoms with Crippen molar-refractivity contribution in [3.05, 3.63) is 41.1 Å². The molecule has 0 unspecified atom stereocenters. The number of halogens is 1. The Morgan fingerprint density at radius 1 is 1.35 bits per heavy atom. The van der Waals surface area contributed by atoms with Crippen molar-refractivity contribution in [2.24, 2.45) is 0 Å². The smallest absolute Gasteiger partial charge is 0.207 e. The van der Waals surface area contributed by atoms with Crippen LogP contribution in [0.3, 0.4) is 0 Å². The average molecular weight is 296 g/mol. The molecule has 2 rings (SSSR count). The average Bonchev–Trinajstić information content (AvgIpc) is 2.77. The zero-order chi connectivity index (χ0) is 12.1. The molecule has 5 heteroatoms. The van der Waals surface area contributed by atoms with E-state index in [9.17, 15) is 0 Å². The lowest BCUT2D eigenvalue weighted by Gasteiger charge is -2.09. The number of rotatable bonds is 5. The Bertz CT molecular complexity index is 467. The number of nitrogens with zero attached hydrogens (tertiary/aromatic N) is 2. The van der Waals surface area contributed by atoms with Crippen LogP contribution in [0.5, 0.6) is 0 Å². The Morgan fingerprint density at radius 2 is 2.12 bits per heavy atom. The number of anilines is 2. The van der Waals surface area contributed by atoms with Crippen LogP contribution in [0.15, 0.2) is 41.1 Å². The second-order valence-electron chi connectivity index (χ2n) is 3.57. The lowest BCUT2D eigenvalue weighted by Crippen LogP contribution is -2.07. The number of hydrogen-bond donors (Lipinski definition) is 1. The normalized spacial score (nSPS) is 10.5. The molecule has 0 spiro atoms. The first-order valence-corrected chi connectivity index (χ1v) is 6.11. The number of aromatic nitrogens is 2. The fraction of sp³-hybridized carbons (Fsp3) is 0.250. The number of benzene rings is 1. The Balaban J connectivity index is 2.07. The summed E-state index contributed by atoms with van der Waals surface area (Å²) >= 11 is 3.41. The van der Waals surface area contributed by atoms with Gasteiger partial charge in [0.25, 0.3) is 0 Å². The molecule has 1 aromatic carbocycles. The highest BCUT2D eigenvalue weighted by molar-refractivity contribution is 9.10. The van der Waals surface area contributed by atoms with Crippen LogP contribution >= 0.6 is 15.9 Å². The van der Waals surface area contributed by atoms with E-state index in [2.05, 4.69) is 26.2 Å². The Labute approximate surface area is 109 Å². The maximum Gasteiger partial charge on any atom is 0.207 e. The van der Waals surface area contributed by atoms with Gasteiger partial charge in [0.05, 0.1) is 6.61 Å². The molecule has 1 N–H and O–H groups in total. The van der Waals surface area contributed by atoms with E-state index in [-0.39, 0.29) is 0 Å². The molecule has 1 aromatic heterocycles. The zero-order valence-electron chi connectivity index (χ0n) is 9.56. The molecule has 17 heavy (non-hydrogen) atoms. The van der Waals surface area contributed by atoms with E-state index in [1.165, 1.54) is 0 Å². The molecule has 0 saturated carbocycles. The first-order valence-electron chi connectivity index (χ1n) is 5.32. The van der Waals surface area contributed by atoms with E-state index in [1.54, 1.807) is 13.3 Å². The van der Waals surface area contributed by atoms with Gasteiger partial charge in [0.15, 0.2) is 0 Å². The summed E-state index contributed by atoms with van der Waals surface area (Å²) in [5.74, 6) is 0.823. The van der Waals surface area contributed by atoms with Gasteiger partial charge in [0, 0.05) is 36.2 Å². The van der Waals surface area contributed by atoms with Gasteiger partial charge in [0.1, 0.15) is 0 Å². The van der Waals surface area contributed by atoms with Crippen molar-refractivity contribution < 1.29 is 4.74 Å². The first kappa shape index (κ1) is 12.1. The molecule has 0 amide bonds. The van der Waals surface area contributed by atoms with Crippen molar-refractivity contribution in [2.75, 3.05) is 19.0 Å². The van der Waals surface area contributed by atoms with Crippen LogP contribution in [0.2, 0.25) is 0 Å². The van der Waals surface area contributed by atoms with Gasteiger partial charge in [-0.3, -0.25) is 0 Å². The van der Waals surface area contributed by atoms with E-state index < -0.39 is 0 Å². The molecule has 0 aliphatic heterocycles. The third-order valence-electron chi connectivity index (χ3n) is 2.35. The van der Waals surface area contributed by atoms with Crippen LogP contribution in [0.25, 0.3) is 0 Å². The highest BCUT2D eigenvalue weighted by atomic mass is 79.9. The van der Waals surface area contributed by atoms with Crippen molar-refractivity contribution in [1.29, 1.82) is 0 Å². The fourth-order valence-corrected chi connectivity index (χ4v) is 1.73. The SMILES string of the molecule is COCCn1ccnc1Nc1ccc(Br)cc1. The Hall–Kier alpha value is -1.33. The van der Waals surface area contributed by atoms with Crippen LogP contribution in [0.1, 0.15) is 0 Å². The van der Waals surface area contributed by atoms with E-state index in [0.29, 0.717) is 6.61 Å². The summed E-state index contributed by atoms with van der Waals surface area (Å²) in [6.07, 6.45) is 3.71. The lowest BCUT2D eigenvalue weighted by atomic mass is 10.3. The van der Waals surface area contributed by atoms with E-state index >= 15 is 0 Å². The third-order valence-corrected chi connectivity index (χ3v) is 2.88. The summed E-state index contributed by atoms with van der Waals surface area (Å²) < 4.78 is 8.13.